The van der Waals surface area contributed by atoms with Gasteiger partial charge in [0.25, 0.3) is 0 Å². The van der Waals surface area contributed by atoms with Crippen LogP contribution in [0.2, 0.25) is 0 Å². The maximum atomic E-state index is 10.0. The Morgan fingerprint density at radius 3 is 2.79 bits per heavy atom. The Kier molecular flexibility index (Phi) is 1.30. The summed E-state index contributed by atoms with van der Waals surface area (Å²) >= 11 is 0. The van der Waals surface area contributed by atoms with Crippen molar-refractivity contribution in [3.63, 3.8) is 0 Å². The highest BCUT2D eigenvalue weighted by Gasteiger charge is 2.42. The van der Waals surface area contributed by atoms with E-state index in [1.54, 1.807) is 0 Å². The number of phenolic OH excluding ortho intramolecular Hbond substituents is 1. The third-order valence-electron chi connectivity index (χ3n) is 3.03. The van der Waals surface area contributed by atoms with Crippen LogP contribution in [0.4, 0.5) is 0 Å². The largest absolute Gasteiger partial charge is 0.507 e. The quantitative estimate of drug-likeness (QED) is 0.639. The number of hydrogen-bond donors (Lipinski definition) is 3. The second kappa shape index (κ2) is 2.30. The Morgan fingerprint density at radius 1 is 1.29 bits per heavy atom. The Morgan fingerprint density at radius 2 is 2.07 bits per heavy atom. The number of benzene rings is 1. The molecule has 0 amide bonds. The number of H-pyrrole nitrogens is 1. The maximum absolute atomic E-state index is 10.0. The minimum absolute atomic E-state index is 0.268. The summed E-state index contributed by atoms with van der Waals surface area (Å²) in [6, 6.07) is 5.76. The first-order valence-electron chi connectivity index (χ1n) is 4.79. The summed E-state index contributed by atoms with van der Waals surface area (Å²) < 4.78 is 0. The second-order valence-corrected chi connectivity index (χ2v) is 4.06. The monoisotopic (exact) mass is 188 g/mol. The highest BCUT2D eigenvalue weighted by atomic mass is 16.3. The smallest absolute Gasteiger partial charge is 0.129 e. The number of rotatable bonds is 1. The van der Waals surface area contributed by atoms with Gasteiger partial charge in [0.1, 0.15) is 5.75 Å². The van der Waals surface area contributed by atoms with E-state index in [0.29, 0.717) is 5.75 Å². The van der Waals surface area contributed by atoms with Crippen LogP contribution in [0.3, 0.4) is 0 Å². The Labute approximate surface area is 81.5 Å². The van der Waals surface area contributed by atoms with Crippen LogP contribution in [0.15, 0.2) is 24.4 Å². The van der Waals surface area contributed by atoms with E-state index in [1.165, 1.54) is 0 Å². The van der Waals surface area contributed by atoms with Gasteiger partial charge in [-0.3, -0.25) is 0 Å². The molecule has 72 valence electrons. The molecule has 3 heteroatoms. The van der Waals surface area contributed by atoms with Crippen LogP contribution in [0, 0.1) is 0 Å². The van der Waals surface area contributed by atoms with Gasteiger partial charge in [-0.15, -0.1) is 0 Å². The number of hydrogen-bond acceptors (Lipinski definition) is 2. The van der Waals surface area contributed by atoms with Crippen LogP contribution in [-0.2, 0) is 5.54 Å². The van der Waals surface area contributed by atoms with Crippen molar-refractivity contribution in [3.8, 4) is 5.75 Å². The molecule has 3 rings (SSSR count). The molecule has 1 aliphatic carbocycles. The molecule has 0 spiro atoms. The van der Waals surface area contributed by atoms with Crippen LogP contribution in [0.5, 0.6) is 5.75 Å². The number of phenols is 1. The van der Waals surface area contributed by atoms with E-state index in [1.807, 2.05) is 24.4 Å². The third kappa shape index (κ3) is 0.902. The maximum Gasteiger partial charge on any atom is 0.129 e. The van der Waals surface area contributed by atoms with Gasteiger partial charge in [-0.1, -0.05) is 6.07 Å². The lowest BCUT2D eigenvalue weighted by Gasteiger charge is -2.11. The number of fused-ring (bicyclic) bond motifs is 1. The summed E-state index contributed by atoms with van der Waals surface area (Å²) in [6.07, 6.45) is 3.76. The molecule has 0 radical (unpaired) electrons. The molecular weight excluding hydrogens is 176 g/mol. The summed E-state index contributed by atoms with van der Waals surface area (Å²) in [6.45, 7) is 0. The molecule has 1 fully saturated rings. The fourth-order valence-corrected chi connectivity index (χ4v) is 1.92. The number of aromatic nitrogens is 1. The third-order valence-corrected chi connectivity index (χ3v) is 3.03. The normalized spacial score (nSPS) is 18.6. The first-order chi connectivity index (χ1) is 6.71. The molecule has 1 aromatic heterocycles. The lowest BCUT2D eigenvalue weighted by Crippen LogP contribution is -2.18. The predicted octanol–water partition coefficient (Wildman–Crippen LogP) is 1.82. The van der Waals surface area contributed by atoms with E-state index in [9.17, 15) is 5.11 Å². The molecule has 0 saturated heterocycles. The lowest BCUT2D eigenvalue weighted by atomic mass is 10.0. The second-order valence-electron chi connectivity index (χ2n) is 4.06. The van der Waals surface area contributed by atoms with Gasteiger partial charge in [-0.05, 0) is 25.0 Å². The summed E-state index contributed by atoms with van der Waals surface area (Å²) in [7, 11) is 0. The number of nitrogens with two attached hydrogens (primary N) is 1. The molecule has 0 aliphatic heterocycles. The molecule has 0 atom stereocenters. The molecule has 1 aromatic carbocycles. The topological polar surface area (TPSA) is 62.0 Å². The Hall–Kier alpha value is -1.48. The lowest BCUT2D eigenvalue weighted by molar-refractivity contribution is 0.466. The highest BCUT2D eigenvalue weighted by molar-refractivity contribution is 5.87. The molecule has 1 heterocycles. The Bertz CT molecular complexity index is 497. The fourth-order valence-electron chi connectivity index (χ4n) is 1.92. The number of nitrogens with one attached hydrogen (secondary N) is 1. The van der Waals surface area contributed by atoms with Gasteiger partial charge >= 0.3 is 0 Å². The van der Waals surface area contributed by atoms with E-state index >= 15 is 0 Å². The van der Waals surface area contributed by atoms with Crippen molar-refractivity contribution in [2.24, 2.45) is 5.73 Å². The van der Waals surface area contributed by atoms with Crippen LogP contribution in [0.1, 0.15) is 18.4 Å². The van der Waals surface area contributed by atoms with Crippen LogP contribution in [0.25, 0.3) is 10.9 Å². The Balaban J connectivity index is 2.30. The van der Waals surface area contributed by atoms with E-state index in [0.717, 1.165) is 29.3 Å². The average molecular weight is 188 g/mol. The van der Waals surface area contributed by atoms with E-state index < -0.39 is 0 Å². The van der Waals surface area contributed by atoms with Gasteiger partial charge in [-0.25, -0.2) is 0 Å². The molecular formula is C11H12N2O. The average Bonchev–Trinajstić information content (AvgIpc) is 2.75. The van der Waals surface area contributed by atoms with Crippen molar-refractivity contribution in [1.29, 1.82) is 0 Å². The molecule has 4 N–H and O–H groups in total. The summed E-state index contributed by atoms with van der Waals surface area (Å²) in [5.74, 6) is 0.337. The molecule has 0 bridgehead atoms. The van der Waals surface area contributed by atoms with E-state index in [-0.39, 0.29) is 5.54 Å². The van der Waals surface area contributed by atoms with Gasteiger partial charge in [0, 0.05) is 28.2 Å². The van der Waals surface area contributed by atoms with Crippen molar-refractivity contribution in [2.75, 3.05) is 0 Å². The zero-order valence-corrected chi connectivity index (χ0v) is 7.75. The van der Waals surface area contributed by atoms with Gasteiger partial charge in [0.05, 0.1) is 0 Å². The molecule has 14 heavy (non-hydrogen) atoms. The van der Waals surface area contributed by atoms with Gasteiger partial charge < -0.3 is 15.8 Å². The standard InChI is InChI=1S/C11H12N2O/c12-11(4-5-11)8-1-2-9-7(10(8)14)3-6-13-9/h1-3,6,13-14H,4-5,12H2. The summed E-state index contributed by atoms with van der Waals surface area (Å²) in [4.78, 5) is 3.06. The molecule has 1 saturated carbocycles. The predicted molar refractivity (Wildman–Crippen MR) is 55.1 cm³/mol. The molecule has 3 nitrogen and oxygen atoms in total. The van der Waals surface area contributed by atoms with Gasteiger partial charge in [0.15, 0.2) is 0 Å². The number of aromatic amines is 1. The minimum Gasteiger partial charge on any atom is -0.507 e. The molecule has 0 unspecified atom stereocenters. The van der Waals surface area contributed by atoms with Crippen molar-refractivity contribution < 1.29 is 5.11 Å². The van der Waals surface area contributed by atoms with Gasteiger partial charge in [0.2, 0.25) is 0 Å². The number of aromatic hydroxyl groups is 1. The zero-order chi connectivity index (χ0) is 9.76. The highest BCUT2D eigenvalue weighted by Crippen LogP contribution is 2.47. The van der Waals surface area contributed by atoms with Crippen LogP contribution >= 0.6 is 0 Å². The van der Waals surface area contributed by atoms with Crippen LogP contribution < -0.4 is 5.73 Å². The SMILES string of the molecule is NC1(c2ccc3[nH]ccc3c2O)CC1. The van der Waals surface area contributed by atoms with E-state index in [2.05, 4.69) is 4.98 Å². The van der Waals surface area contributed by atoms with Crippen molar-refractivity contribution in [1.82, 2.24) is 4.98 Å². The van der Waals surface area contributed by atoms with Crippen molar-refractivity contribution >= 4 is 10.9 Å². The minimum atomic E-state index is -0.268. The molecule has 1 aliphatic rings. The zero-order valence-electron chi connectivity index (χ0n) is 7.75. The van der Waals surface area contributed by atoms with E-state index in [4.69, 9.17) is 5.73 Å². The molecule has 2 aromatic rings. The first-order valence-corrected chi connectivity index (χ1v) is 4.79. The first kappa shape index (κ1) is 7.88. The summed E-state index contributed by atoms with van der Waals surface area (Å²) in [5, 5.41) is 10.9. The fraction of sp³-hybridized carbons (Fsp3) is 0.273. The van der Waals surface area contributed by atoms with Gasteiger partial charge in [-0.2, -0.15) is 0 Å². The van der Waals surface area contributed by atoms with Crippen molar-refractivity contribution in [2.45, 2.75) is 18.4 Å². The van der Waals surface area contributed by atoms with Crippen molar-refractivity contribution in [3.05, 3.63) is 30.0 Å². The summed E-state index contributed by atoms with van der Waals surface area (Å²) in [5.41, 5.74) is 7.62. The van der Waals surface area contributed by atoms with Crippen LogP contribution in [-0.4, -0.2) is 10.1 Å².